The van der Waals surface area contributed by atoms with Crippen LogP contribution in [0.15, 0.2) is 42.0 Å². The first-order chi connectivity index (χ1) is 11.8. The molecular weight excluding hydrogens is 346 g/mol. The van der Waals surface area contributed by atoms with Gasteiger partial charge in [-0.25, -0.2) is 0 Å². The molecule has 0 aromatic heterocycles. The summed E-state index contributed by atoms with van der Waals surface area (Å²) in [6, 6.07) is 10.9. The van der Waals surface area contributed by atoms with Crippen LogP contribution >= 0.6 is 11.6 Å². The summed E-state index contributed by atoms with van der Waals surface area (Å²) >= 11 is 5.79. The zero-order chi connectivity index (χ0) is 18.6. The van der Waals surface area contributed by atoms with Crippen LogP contribution in [0, 0.1) is 28.4 Å². The van der Waals surface area contributed by atoms with Crippen molar-refractivity contribution >= 4 is 35.0 Å². The zero-order valence-corrected chi connectivity index (χ0v) is 13.7. The number of nitriles is 1. The van der Waals surface area contributed by atoms with Crippen molar-refractivity contribution in [2.24, 2.45) is 0 Å². The van der Waals surface area contributed by atoms with Gasteiger partial charge < -0.3 is 10.4 Å². The third kappa shape index (κ3) is 4.13. The monoisotopic (exact) mass is 357 g/mol. The van der Waals surface area contributed by atoms with Gasteiger partial charge >= 0.3 is 5.69 Å². The molecule has 0 aliphatic heterocycles. The number of hydrogen-bond donors (Lipinski definition) is 2. The van der Waals surface area contributed by atoms with Crippen LogP contribution in [0.3, 0.4) is 0 Å². The minimum atomic E-state index is -0.808. The quantitative estimate of drug-likeness (QED) is 0.373. The maximum absolute atomic E-state index is 12.3. The number of hydrogen-bond acceptors (Lipinski definition) is 5. The Balaban J connectivity index is 2.41. The molecule has 7 nitrogen and oxygen atoms in total. The SMILES string of the molecule is Cc1ccccc1NC(=O)/C(C#N)=C\c1cc(Cl)cc([N+](=O)[O-])c1O. The Bertz CT molecular complexity index is 932. The molecule has 0 bridgehead atoms. The number of phenolic OH excluding ortho intramolecular Hbond substituents is 1. The van der Waals surface area contributed by atoms with Crippen molar-refractivity contribution in [1.82, 2.24) is 0 Å². The summed E-state index contributed by atoms with van der Waals surface area (Å²) in [5.74, 6) is -1.38. The summed E-state index contributed by atoms with van der Waals surface area (Å²) in [7, 11) is 0. The lowest BCUT2D eigenvalue weighted by atomic mass is 10.1. The molecule has 2 rings (SSSR count). The van der Waals surface area contributed by atoms with Gasteiger partial charge in [0.1, 0.15) is 11.6 Å². The Morgan fingerprint density at radius 1 is 1.40 bits per heavy atom. The Labute approximate surface area is 147 Å². The Morgan fingerprint density at radius 2 is 2.08 bits per heavy atom. The average molecular weight is 358 g/mol. The van der Waals surface area contributed by atoms with Crippen molar-refractivity contribution in [3.63, 3.8) is 0 Å². The number of anilines is 1. The summed E-state index contributed by atoms with van der Waals surface area (Å²) in [6.07, 6.45) is 1.04. The van der Waals surface area contributed by atoms with E-state index in [2.05, 4.69) is 5.32 Å². The molecule has 0 radical (unpaired) electrons. The highest BCUT2D eigenvalue weighted by molar-refractivity contribution is 6.31. The number of aryl methyl sites for hydroxylation is 1. The normalized spacial score (nSPS) is 10.8. The fourth-order valence-electron chi connectivity index (χ4n) is 2.06. The van der Waals surface area contributed by atoms with Gasteiger partial charge in [0, 0.05) is 22.3 Å². The molecule has 0 aliphatic carbocycles. The van der Waals surface area contributed by atoms with E-state index >= 15 is 0 Å². The second-order valence-corrected chi connectivity index (χ2v) is 5.50. The van der Waals surface area contributed by atoms with Crippen molar-refractivity contribution in [3.8, 4) is 11.8 Å². The van der Waals surface area contributed by atoms with Crippen LogP contribution in [-0.4, -0.2) is 15.9 Å². The molecule has 2 aromatic carbocycles. The van der Waals surface area contributed by atoms with Crippen molar-refractivity contribution in [3.05, 3.63) is 68.2 Å². The van der Waals surface area contributed by atoms with Gasteiger partial charge in [0.25, 0.3) is 5.91 Å². The Kier molecular flexibility index (Phi) is 5.37. The molecule has 0 unspecified atom stereocenters. The number of amides is 1. The summed E-state index contributed by atoms with van der Waals surface area (Å²) in [4.78, 5) is 22.4. The molecule has 126 valence electrons. The van der Waals surface area contributed by atoms with E-state index in [0.29, 0.717) is 5.69 Å². The maximum atomic E-state index is 12.3. The number of para-hydroxylation sites is 1. The van der Waals surface area contributed by atoms with Crippen molar-refractivity contribution in [2.75, 3.05) is 5.32 Å². The van der Waals surface area contributed by atoms with Crippen LogP contribution in [0.4, 0.5) is 11.4 Å². The van der Waals surface area contributed by atoms with Gasteiger partial charge in [0.15, 0.2) is 0 Å². The molecule has 0 saturated heterocycles. The van der Waals surface area contributed by atoms with Gasteiger partial charge in [-0.05, 0) is 30.7 Å². The predicted molar refractivity (Wildman–Crippen MR) is 93.2 cm³/mol. The van der Waals surface area contributed by atoms with Crippen molar-refractivity contribution in [2.45, 2.75) is 6.92 Å². The Morgan fingerprint density at radius 3 is 2.68 bits per heavy atom. The topological polar surface area (TPSA) is 116 Å². The number of nitrogens with one attached hydrogen (secondary N) is 1. The highest BCUT2D eigenvalue weighted by Gasteiger charge is 2.19. The molecule has 25 heavy (non-hydrogen) atoms. The first-order valence-electron chi connectivity index (χ1n) is 6.99. The van der Waals surface area contributed by atoms with Crippen LogP contribution in [0.25, 0.3) is 6.08 Å². The number of aromatic hydroxyl groups is 1. The van der Waals surface area contributed by atoms with E-state index in [0.717, 1.165) is 17.7 Å². The largest absolute Gasteiger partial charge is 0.502 e. The lowest BCUT2D eigenvalue weighted by Crippen LogP contribution is -2.14. The minimum absolute atomic E-state index is 0.00708. The summed E-state index contributed by atoms with van der Waals surface area (Å²) in [5, 5.41) is 32.7. The fraction of sp³-hybridized carbons (Fsp3) is 0.0588. The van der Waals surface area contributed by atoms with Gasteiger partial charge in [0.05, 0.1) is 4.92 Å². The van der Waals surface area contributed by atoms with Crippen molar-refractivity contribution in [1.29, 1.82) is 5.26 Å². The molecule has 2 N–H and O–H groups in total. The van der Waals surface area contributed by atoms with E-state index in [4.69, 9.17) is 11.6 Å². The number of nitro benzene ring substituents is 1. The lowest BCUT2D eigenvalue weighted by molar-refractivity contribution is -0.385. The van der Waals surface area contributed by atoms with E-state index < -0.39 is 22.3 Å². The highest BCUT2D eigenvalue weighted by atomic mass is 35.5. The number of nitro groups is 1. The van der Waals surface area contributed by atoms with Gasteiger partial charge in [-0.2, -0.15) is 5.26 Å². The summed E-state index contributed by atoms with van der Waals surface area (Å²) in [5.41, 5.74) is 0.269. The average Bonchev–Trinajstić information content (AvgIpc) is 2.56. The van der Waals surface area contributed by atoms with Crippen molar-refractivity contribution < 1.29 is 14.8 Å². The van der Waals surface area contributed by atoms with E-state index in [9.17, 15) is 25.3 Å². The van der Waals surface area contributed by atoms with E-state index in [1.165, 1.54) is 6.07 Å². The van der Waals surface area contributed by atoms with Crippen LogP contribution in [0.1, 0.15) is 11.1 Å². The molecule has 8 heteroatoms. The number of carbonyl (C=O) groups excluding carboxylic acids is 1. The zero-order valence-electron chi connectivity index (χ0n) is 13.0. The van der Waals surface area contributed by atoms with Crippen LogP contribution < -0.4 is 5.32 Å². The molecule has 0 heterocycles. The minimum Gasteiger partial charge on any atom is -0.502 e. The number of benzene rings is 2. The standard InChI is InChI=1S/C17H12ClN3O4/c1-10-4-2-3-5-14(10)20-17(23)12(9-19)6-11-7-13(18)8-15(16(11)22)21(24)25/h2-8,22H,1H3,(H,20,23)/b12-6-. The smallest absolute Gasteiger partial charge is 0.312 e. The number of nitrogens with zero attached hydrogens (tertiary/aromatic N) is 2. The molecule has 0 fully saturated rings. The van der Waals surface area contributed by atoms with Crippen LogP contribution in [0.5, 0.6) is 5.75 Å². The van der Waals surface area contributed by atoms with Gasteiger partial charge in [-0.15, -0.1) is 0 Å². The third-order valence-electron chi connectivity index (χ3n) is 3.34. The van der Waals surface area contributed by atoms with E-state index in [1.54, 1.807) is 37.3 Å². The highest BCUT2D eigenvalue weighted by Crippen LogP contribution is 2.34. The van der Waals surface area contributed by atoms with Gasteiger partial charge in [0.2, 0.25) is 5.75 Å². The lowest BCUT2D eigenvalue weighted by Gasteiger charge is -2.07. The second kappa shape index (κ2) is 7.47. The van der Waals surface area contributed by atoms with E-state index in [1.807, 2.05) is 0 Å². The molecule has 1 amide bonds. The van der Waals surface area contributed by atoms with Crippen LogP contribution in [0.2, 0.25) is 5.02 Å². The molecular formula is C17H12ClN3O4. The molecule has 0 atom stereocenters. The number of phenols is 1. The second-order valence-electron chi connectivity index (χ2n) is 5.06. The molecule has 0 aliphatic rings. The molecule has 0 saturated carbocycles. The number of halogens is 1. The first kappa shape index (κ1) is 18.0. The summed E-state index contributed by atoms with van der Waals surface area (Å²) < 4.78 is 0. The first-order valence-corrected chi connectivity index (χ1v) is 7.37. The fourth-order valence-corrected chi connectivity index (χ4v) is 2.28. The predicted octanol–water partition coefficient (Wildman–Crippen LogP) is 3.81. The maximum Gasteiger partial charge on any atom is 0.312 e. The van der Waals surface area contributed by atoms with Gasteiger partial charge in [-0.1, -0.05) is 29.8 Å². The third-order valence-corrected chi connectivity index (χ3v) is 3.56. The number of carbonyl (C=O) groups is 1. The summed E-state index contributed by atoms with van der Waals surface area (Å²) in [6.45, 7) is 1.79. The number of rotatable bonds is 4. The Hall–Kier alpha value is -3.37. The molecule has 2 aromatic rings. The van der Waals surface area contributed by atoms with Gasteiger partial charge in [-0.3, -0.25) is 14.9 Å². The molecule has 0 spiro atoms. The van der Waals surface area contributed by atoms with E-state index in [-0.39, 0.29) is 16.2 Å². The van der Waals surface area contributed by atoms with Crippen LogP contribution in [-0.2, 0) is 4.79 Å².